The zero-order chi connectivity index (χ0) is 15.1. The summed E-state index contributed by atoms with van der Waals surface area (Å²) in [5, 5.41) is 1.22. The number of hydrogen-bond donors (Lipinski definition) is 0. The van der Waals surface area contributed by atoms with Crippen LogP contribution in [0, 0.1) is 0 Å². The van der Waals surface area contributed by atoms with E-state index in [0.29, 0.717) is 27.1 Å². The zero-order valence-electron chi connectivity index (χ0n) is 11.3. The standard InChI is InChI=1S/C17H9ClN2O2/c18-16-7-15-13(9-20-16)17(21)12-6-10(3-4-14(12)22-15)11-2-1-5-19-8-11/h1-9H. The second kappa shape index (κ2) is 4.93. The number of halogens is 1. The Morgan fingerprint density at radius 3 is 2.68 bits per heavy atom. The molecule has 106 valence electrons. The Balaban J connectivity index is 2.04. The van der Waals surface area contributed by atoms with Crippen molar-refractivity contribution in [1.82, 2.24) is 9.97 Å². The Bertz CT molecular complexity index is 1060. The molecule has 4 rings (SSSR count). The van der Waals surface area contributed by atoms with Crippen LogP contribution in [-0.2, 0) is 0 Å². The van der Waals surface area contributed by atoms with Gasteiger partial charge in [-0.1, -0.05) is 23.7 Å². The van der Waals surface area contributed by atoms with Crippen LogP contribution in [0.25, 0.3) is 33.1 Å². The van der Waals surface area contributed by atoms with Gasteiger partial charge in [0.15, 0.2) is 0 Å². The summed E-state index contributed by atoms with van der Waals surface area (Å²) in [6, 6.07) is 10.8. The summed E-state index contributed by atoms with van der Waals surface area (Å²) in [5.41, 5.74) is 2.69. The summed E-state index contributed by atoms with van der Waals surface area (Å²) in [4.78, 5) is 20.7. The van der Waals surface area contributed by atoms with Gasteiger partial charge in [-0.05, 0) is 23.8 Å². The van der Waals surface area contributed by atoms with Gasteiger partial charge in [0, 0.05) is 30.2 Å². The highest BCUT2D eigenvalue weighted by molar-refractivity contribution is 6.29. The molecule has 4 nitrogen and oxygen atoms in total. The number of benzene rings is 1. The average Bonchev–Trinajstić information content (AvgIpc) is 2.55. The van der Waals surface area contributed by atoms with E-state index in [-0.39, 0.29) is 5.43 Å². The van der Waals surface area contributed by atoms with E-state index in [4.69, 9.17) is 16.0 Å². The average molecular weight is 309 g/mol. The van der Waals surface area contributed by atoms with Gasteiger partial charge >= 0.3 is 0 Å². The zero-order valence-corrected chi connectivity index (χ0v) is 12.0. The number of rotatable bonds is 1. The molecule has 0 N–H and O–H groups in total. The molecule has 0 fully saturated rings. The van der Waals surface area contributed by atoms with Crippen molar-refractivity contribution in [2.24, 2.45) is 0 Å². The summed E-state index contributed by atoms with van der Waals surface area (Å²) >= 11 is 5.85. The monoisotopic (exact) mass is 308 g/mol. The molecule has 0 amide bonds. The van der Waals surface area contributed by atoms with Crippen molar-refractivity contribution in [2.45, 2.75) is 0 Å². The van der Waals surface area contributed by atoms with Crippen molar-refractivity contribution in [1.29, 1.82) is 0 Å². The third-order valence-corrected chi connectivity index (χ3v) is 3.72. The maximum absolute atomic E-state index is 12.6. The van der Waals surface area contributed by atoms with E-state index in [0.717, 1.165) is 11.1 Å². The molecule has 0 bridgehead atoms. The van der Waals surface area contributed by atoms with Crippen molar-refractivity contribution < 1.29 is 4.42 Å². The summed E-state index contributed by atoms with van der Waals surface area (Å²) in [5.74, 6) is 0. The first kappa shape index (κ1) is 13.0. The minimum Gasteiger partial charge on any atom is -0.456 e. The third-order valence-electron chi connectivity index (χ3n) is 3.52. The molecule has 0 spiro atoms. The minimum atomic E-state index is -0.119. The predicted molar refractivity (Wildman–Crippen MR) is 86.0 cm³/mol. The van der Waals surface area contributed by atoms with Gasteiger partial charge in [0.2, 0.25) is 5.43 Å². The molecule has 0 unspecified atom stereocenters. The van der Waals surface area contributed by atoms with Crippen molar-refractivity contribution in [3.63, 3.8) is 0 Å². The summed E-state index contributed by atoms with van der Waals surface area (Å²) < 4.78 is 5.76. The van der Waals surface area contributed by atoms with Crippen LogP contribution < -0.4 is 5.43 Å². The highest BCUT2D eigenvalue weighted by Gasteiger charge is 2.10. The Labute approximate surface area is 130 Å². The van der Waals surface area contributed by atoms with Crippen LogP contribution in [0.2, 0.25) is 5.15 Å². The molecule has 0 radical (unpaired) electrons. The van der Waals surface area contributed by atoms with Gasteiger partial charge in [0.1, 0.15) is 16.3 Å². The lowest BCUT2D eigenvalue weighted by molar-refractivity contribution is 0.659. The molecule has 22 heavy (non-hydrogen) atoms. The first-order chi connectivity index (χ1) is 10.7. The van der Waals surface area contributed by atoms with E-state index in [2.05, 4.69) is 9.97 Å². The van der Waals surface area contributed by atoms with Crippen LogP contribution in [0.3, 0.4) is 0 Å². The maximum Gasteiger partial charge on any atom is 0.202 e. The largest absolute Gasteiger partial charge is 0.456 e. The molecule has 5 heteroatoms. The van der Waals surface area contributed by atoms with Crippen molar-refractivity contribution in [3.05, 3.63) is 70.4 Å². The second-order valence-electron chi connectivity index (χ2n) is 4.89. The summed E-state index contributed by atoms with van der Waals surface area (Å²) in [6.45, 7) is 0. The molecular weight excluding hydrogens is 300 g/mol. The topological polar surface area (TPSA) is 56.0 Å². The minimum absolute atomic E-state index is 0.119. The number of nitrogens with zero attached hydrogens (tertiary/aromatic N) is 2. The fourth-order valence-electron chi connectivity index (χ4n) is 2.44. The number of fused-ring (bicyclic) bond motifs is 2. The van der Waals surface area contributed by atoms with Gasteiger partial charge in [-0.2, -0.15) is 0 Å². The van der Waals surface area contributed by atoms with Gasteiger partial charge in [0.25, 0.3) is 0 Å². The first-order valence-electron chi connectivity index (χ1n) is 6.65. The lowest BCUT2D eigenvalue weighted by Crippen LogP contribution is -2.02. The lowest BCUT2D eigenvalue weighted by atomic mass is 10.0. The Hall–Kier alpha value is -2.72. The van der Waals surface area contributed by atoms with Crippen molar-refractivity contribution in [2.75, 3.05) is 0 Å². The summed E-state index contributed by atoms with van der Waals surface area (Å²) in [6.07, 6.45) is 4.91. The van der Waals surface area contributed by atoms with E-state index in [9.17, 15) is 4.79 Å². The number of hydrogen-bond acceptors (Lipinski definition) is 4. The van der Waals surface area contributed by atoms with Crippen LogP contribution in [0.15, 0.2) is 64.2 Å². The Morgan fingerprint density at radius 1 is 0.955 bits per heavy atom. The molecule has 0 saturated heterocycles. The Morgan fingerprint density at radius 2 is 1.86 bits per heavy atom. The number of pyridine rings is 2. The van der Waals surface area contributed by atoms with E-state index in [1.54, 1.807) is 24.5 Å². The number of aromatic nitrogens is 2. The highest BCUT2D eigenvalue weighted by atomic mass is 35.5. The maximum atomic E-state index is 12.6. The van der Waals surface area contributed by atoms with Crippen LogP contribution in [0.4, 0.5) is 0 Å². The molecule has 4 aromatic rings. The summed E-state index contributed by atoms with van der Waals surface area (Å²) in [7, 11) is 0. The van der Waals surface area contributed by atoms with Crippen LogP contribution in [-0.4, -0.2) is 9.97 Å². The molecule has 3 aromatic heterocycles. The molecule has 1 aromatic carbocycles. The van der Waals surface area contributed by atoms with Crippen molar-refractivity contribution >= 4 is 33.5 Å². The van der Waals surface area contributed by atoms with E-state index in [1.165, 1.54) is 6.20 Å². The fourth-order valence-corrected chi connectivity index (χ4v) is 2.59. The van der Waals surface area contributed by atoms with Crippen molar-refractivity contribution in [3.8, 4) is 11.1 Å². The van der Waals surface area contributed by atoms with Gasteiger partial charge in [0.05, 0.1) is 10.8 Å². The quantitative estimate of drug-likeness (QED) is 0.393. The molecule has 0 aliphatic rings. The van der Waals surface area contributed by atoms with Crippen LogP contribution >= 0.6 is 11.6 Å². The van der Waals surface area contributed by atoms with Crippen LogP contribution in [0.5, 0.6) is 0 Å². The van der Waals surface area contributed by atoms with E-state index < -0.39 is 0 Å². The second-order valence-corrected chi connectivity index (χ2v) is 5.27. The molecular formula is C17H9ClN2O2. The van der Waals surface area contributed by atoms with E-state index in [1.807, 2.05) is 24.3 Å². The Kier molecular flexibility index (Phi) is 2.91. The lowest BCUT2D eigenvalue weighted by Gasteiger charge is -2.04. The van der Waals surface area contributed by atoms with E-state index >= 15 is 0 Å². The molecule has 0 saturated carbocycles. The van der Waals surface area contributed by atoms with Gasteiger partial charge in [-0.3, -0.25) is 9.78 Å². The van der Waals surface area contributed by atoms with Gasteiger partial charge in [-0.15, -0.1) is 0 Å². The van der Waals surface area contributed by atoms with Crippen LogP contribution in [0.1, 0.15) is 0 Å². The van der Waals surface area contributed by atoms with Gasteiger partial charge < -0.3 is 4.42 Å². The fraction of sp³-hybridized carbons (Fsp3) is 0. The molecule has 0 aliphatic heterocycles. The molecule has 0 aliphatic carbocycles. The molecule has 3 heterocycles. The smallest absolute Gasteiger partial charge is 0.202 e. The molecule has 0 atom stereocenters. The SMILES string of the molecule is O=c1c2cnc(Cl)cc2oc2ccc(-c3cccnc3)cc12. The predicted octanol–water partition coefficient (Wildman–Crippen LogP) is 4.06. The third kappa shape index (κ3) is 2.05. The highest BCUT2D eigenvalue weighted by Crippen LogP contribution is 2.25. The normalized spacial score (nSPS) is 11.1. The van der Waals surface area contributed by atoms with Gasteiger partial charge in [-0.25, -0.2) is 4.98 Å². The first-order valence-corrected chi connectivity index (χ1v) is 7.03.